The molecule has 0 radical (unpaired) electrons. The van der Waals surface area contributed by atoms with Gasteiger partial charge in [-0.05, 0) is 13.8 Å². The first-order chi connectivity index (χ1) is 7.64. The highest BCUT2D eigenvalue weighted by molar-refractivity contribution is 7.93. The number of carboxylic acids is 1. The van der Waals surface area contributed by atoms with Gasteiger partial charge in [0.1, 0.15) is 17.8 Å². The average molecular weight is 263 g/mol. The first-order valence-electron chi connectivity index (χ1n) is 5.21. The SMILES string of the molecule is CC1(C)[C@H](C(=O)O)[N+]2(CN)C(=O)C[C@H]2S1(=O)=O. The maximum absolute atomic E-state index is 12.2. The standard InChI is InChI=1S/C9H14N2O5S/c1-9(2)7(8(13)14)11(4-10)5(12)3-6(11)17(9,15)16/h6-7H,3-4,10H2,1-2H3/p+1/t6-,7+,11?/m1/s1. The molecule has 2 aliphatic heterocycles. The van der Waals surface area contributed by atoms with Gasteiger partial charge in [0, 0.05) is 0 Å². The van der Waals surface area contributed by atoms with Gasteiger partial charge in [-0.3, -0.25) is 5.73 Å². The zero-order chi connectivity index (χ0) is 13.2. The number of amides is 1. The van der Waals surface area contributed by atoms with Crippen molar-refractivity contribution in [1.82, 2.24) is 0 Å². The molecule has 17 heavy (non-hydrogen) atoms. The van der Waals surface area contributed by atoms with Gasteiger partial charge in [0.15, 0.2) is 0 Å². The number of fused-ring (bicyclic) bond motifs is 1. The Morgan fingerprint density at radius 2 is 2.12 bits per heavy atom. The summed E-state index contributed by atoms with van der Waals surface area (Å²) < 4.78 is 22.3. The maximum Gasteiger partial charge on any atom is 0.364 e. The van der Waals surface area contributed by atoms with Crippen molar-refractivity contribution in [2.75, 3.05) is 6.67 Å². The van der Waals surface area contributed by atoms with Crippen LogP contribution in [0.25, 0.3) is 0 Å². The maximum atomic E-state index is 12.2. The number of nitrogens with zero attached hydrogens (tertiary/aromatic N) is 1. The van der Waals surface area contributed by atoms with E-state index in [1.807, 2.05) is 0 Å². The number of nitrogens with two attached hydrogens (primary N) is 1. The molecule has 0 aliphatic carbocycles. The lowest BCUT2D eigenvalue weighted by atomic mass is 9.94. The van der Waals surface area contributed by atoms with E-state index in [4.69, 9.17) is 5.73 Å². The molecule has 2 aliphatic rings. The molecule has 3 atom stereocenters. The van der Waals surface area contributed by atoms with Crippen molar-refractivity contribution in [3.05, 3.63) is 0 Å². The molecule has 8 heteroatoms. The van der Waals surface area contributed by atoms with Gasteiger partial charge in [0.25, 0.3) is 0 Å². The lowest BCUT2D eigenvalue weighted by molar-refractivity contribution is -0.902. The fourth-order valence-electron chi connectivity index (χ4n) is 3.08. The van der Waals surface area contributed by atoms with Crippen LogP contribution in [-0.4, -0.2) is 52.7 Å². The second-order valence-electron chi connectivity index (χ2n) is 5.05. The predicted molar refractivity (Wildman–Crippen MR) is 57.1 cm³/mol. The molecule has 3 N–H and O–H groups in total. The van der Waals surface area contributed by atoms with E-state index in [-0.39, 0.29) is 13.1 Å². The average Bonchev–Trinajstić information content (AvgIpc) is 2.29. The number of carbonyl (C=O) groups is 2. The Hall–Kier alpha value is -0.990. The molecule has 0 saturated carbocycles. The number of hydrogen-bond acceptors (Lipinski definition) is 5. The fourth-order valence-corrected chi connectivity index (χ4v) is 5.56. The van der Waals surface area contributed by atoms with Gasteiger partial charge in [0.05, 0.1) is 0 Å². The molecule has 0 aromatic carbocycles. The second kappa shape index (κ2) is 3.06. The lowest BCUT2D eigenvalue weighted by Crippen LogP contribution is -2.74. The highest BCUT2D eigenvalue weighted by Gasteiger charge is 2.80. The summed E-state index contributed by atoms with van der Waals surface area (Å²) in [6.45, 7) is 2.41. The van der Waals surface area contributed by atoms with Crippen LogP contribution in [0.3, 0.4) is 0 Å². The largest absolute Gasteiger partial charge is 0.477 e. The minimum Gasteiger partial charge on any atom is -0.477 e. The van der Waals surface area contributed by atoms with Gasteiger partial charge in [0.2, 0.25) is 21.3 Å². The van der Waals surface area contributed by atoms with Crippen LogP contribution in [0, 0.1) is 0 Å². The predicted octanol–water partition coefficient (Wildman–Crippen LogP) is -1.36. The van der Waals surface area contributed by atoms with Gasteiger partial charge in [-0.15, -0.1) is 0 Å². The second-order valence-corrected chi connectivity index (χ2v) is 7.74. The molecule has 0 aromatic heterocycles. The molecule has 0 aromatic rings. The molecule has 7 nitrogen and oxygen atoms in total. The van der Waals surface area contributed by atoms with Crippen LogP contribution in [0.5, 0.6) is 0 Å². The minimum absolute atomic E-state index is 0.132. The topological polar surface area (TPSA) is 115 Å². The number of rotatable bonds is 2. The third-order valence-electron chi connectivity index (χ3n) is 4.07. The summed E-state index contributed by atoms with van der Waals surface area (Å²) in [7, 11) is -3.67. The van der Waals surface area contributed by atoms with Crippen LogP contribution in [0.4, 0.5) is 0 Å². The van der Waals surface area contributed by atoms with E-state index in [1.165, 1.54) is 13.8 Å². The third-order valence-corrected chi connectivity index (χ3v) is 7.02. The summed E-state index contributed by atoms with van der Waals surface area (Å²) in [5, 5.41) is 8.24. The number of β-lactam (4-membered cyclic amide) rings is 1. The molecular weight excluding hydrogens is 248 g/mol. The first-order valence-corrected chi connectivity index (χ1v) is 6.75. The summed E-state index contributed by atoms with van der Waals surface area (Å²) in [6, 6.07) is -1.32. The highest BCUT2D eigenvalue weighted by atomic mass is 32.2. The Kier molecular flexibility index (Phi) is 2.25. The van der Waals surface area contributed by atoms with E-state index in [1.54, 1.807) is 0 Å². The van der Waals surface area contributed by atoms with Crippen LogP contribution in [0.2, 0.25) is 0 Å². The molecule has 2 rings (SSSR count). The summed E-state index contributed by atoms with van der Waals surface area (Å²) in [5.74, 6) is -1.70. The molecular formula is C9H15N2O5S+. The van der Waals surface area contributed by atoms with E-state index >= 15 is 0 Å². The minimum atomic E-state index is -3.67. The number of hydrogen-bond donors (Lipinski definition) is 2. The summed E-state index contributed by atoms with van der Waals surface area (Å²) >= 11 is 0. The lowest BCUT2D eigenvalue weighted by Gasteiger charge is -2.44. The van der Waals surface area contributed by atoms with Gasteiger partial charge < -0.3 is 5.11 Å². The Labute approximate surface area is 98.7 Å². The van der Waals surface area contributed by atoms with Crippen molar-refractivity contribution in [3.63, 3.8) is 0 Å². The number of sulfone groups is 1. The molecule has 1 unspecified atom stereocenters. The molecule has 2 fully saturated rings. The quantitative estimate of drug-likeness (QED) is 0.469. The van der Waals surface area contributed by atoms with Crippen LogP contribution < -0.4 is 5.73 Å². The van der Waals surface area contributed by atoms with Crippen molar-refractivity contribution < 1.29 is 27.6 Å². The Morgan fingerprint density at radius 3 is 2.41 bits per heavy atom. The normalized spacial score (nSPS) is 41.7. The van der Waals surface area contributed by atoms with Crippen molar-refractivity contribution in [3.8, 4) is 0 Å². The van der Waals surface area contributed by atoms with E-state index in [2.05, 4.69) is 0 Å². The zero-order valence-corrected chi connectivity index (χ0v) is 10.4. The van der Waals surface area contributed by atoms with Crippen molar-refractivity contribution >= 4 is 21.7 Å². The van der Waals surface area contributed by atoms with Gasteiger partial charge in [-0.1, -0.05) is 0 Å². The van der Waals surface area contributed by atoms with Gasteiger partial charge in [-0.2, -0.15) is 0 Å². The molecule has 2 heterocycles. The van der Waals surface area contributed by atoms with E-state index in [0.717, 1.165) is 0 Å². The molecule has 96 valence electrons. The van der Waals surface area contributed by atoms with Crippen LogP contribution in [0.15, 0.2) is 0 Å². The molecule has 0 bridgehead atoms. The monoisotopic (exact) mass is 263 g/mol. The van der Waals surface area contributed by atoms with Gasteiger partial charge >= 0.3 is 11.9 Å². The van der Waals surface area contributed by atoms with Crippen LogP contribution in [-0.2, 0) is 19.4 Å². The number of carbonyl (C=O) groups excluding carboxylic acids is 1. The van der Waals surface area contributed by atoms with Gasteiger partial charge in [-0.25, -0.2) is 22.5 Å². The molecule has 1 amide bonds. The summed E-state index contributed by atoms with van der Waals surface area (Å²) in [5.41, 5.74) is 5.49. The van der Waals surface area contributed by atoms with Crippen molar-refractivity contribution in [1.29, 1.82) is 0 Å². The van der Waals surface area contributed by atoms with Crippen LogP contribution in [0.1, 0.15) is 20.3 Å². The van der Waals surface area contributed by atoms with Crippen LogP contribution >= 0.6 is 0 Å². The Bertz CT molecular complexity index is 511. The Morgan fingerprint density at radius 1 is 1.59 bits per heavy atom. The number of aliphatic carboxylic acids is 1. The Balaban J connectivity index is 2.71. The smallest absolute Gasteiger partial charge is 0.364 e. The van der Waals surface area contributed by atoms with E-state index in [0.29, 0.717) is 0 Å². The summed E-state index contributed by atoms with van der Waals surface area (Å²) in [6.07, 6.45) is -0.132. The van der Waals surface area contributed by atoms with E-state index < -0.39 is 42.4 Å². The summed E-state index contributed by atoms with van der Waals surface area (Å²) in [4.78, 5) is 23.0. The number of quaternary nitrogens is 1. The first kappa shape index (κ1) is 12.5. The highest BCUT2D eigenvalue weighted by Crippen LogP contribution is 2.51. The number of carboxylic acid groups (broad SMARTS) is 1. The van der Waals surface area contributed by atoms with Crippen molar-refractivity contribution in [2.24, 2.45) is 5.73 Å². The molecule has 2 saturated heterocycles. The fraction of sp³-hybridized carbons (Fsp3) is 0.778. The van der Waals surface area contributed by atoms with Crippen molar-refractivity contribution in [2.45, 2.75) is 36.4 Å². The van der Waals surface area contributed by atoms with E-state index in [9.17, 15) is 23.1 Å². The molecule has 0 spiro atoms. The zero-order valence-electron chi connectivity index (χ0n) is 9.58. The third kappa shape index (κ3) is 1.06.